The maximum atomic E-state index is 13.1. The molecule has 1 fully saturated rings. The first-order chi connectivity index (χ1) is 8.94. The minimum absolute atomic E-state index is 0.0486. The Morgan fingerprint density at radius 1 is 1.47 bits per heavy atom. The average Bonchev–Trinajstić information content (AvgIpc) is 2.82. The summed E-state index contributed by atoms with van der Waals surface area (Å²) in [5.74, 6) is -2.38. The number of rotatable bonds is 3. The number of halogens is 2. The number of ether oxygens (including phenoxy) is 1. The molecule has 7 heteroatoms. The van der Waals surface area contributed by atoms with Crippen molar-refractivity contribution < 1.29 is 23.8 Å². The van der Waals surface area contributed by atoms with Crippen LogP contribution in [-0.2, 0) is 9.53 Å². The van der Waals surface area contributed by atoms with Crippen molar-refractivity contribution in [3.05, 3.63) is 34.1 Å². The third kappa shape index (κ3) is 2.76. The third-order valence-corrected chi connectivity index (χ3v) is 3.65. The van der Waals surface area contributed by atoms with Crippen molar-refractivity contribution in [1.29, 1.82) is 0 Å². The van der Waals surface area contributed by atoms with E-state index in [0.717, 1.165) is 6.07 Å². The Morgan fingerprint density at radius 3 is 2.79 bits per heavy atom. The minimum atomic E-state index is -1.44. The van der Waals surface area contributed by atoms with Crippen LogP contribution >= 0.6 is 15.9 Å². The van der Waals surface area contributed by atoms with Crippen molar-refractivity contribution >= 4 is 27.8 Å². The standard InChI is InChI=1S/C12H11BrFNO4/c13-9-2-1-7(14)5-8(9)10(16)15-12(11(17)18)3-4-19-6-12/h1-2,5H,3-4,6H2,(H,15,16)(H,17,18). The van der Waals surface area contributed by atoms with E-state index in [1.807, 2.05) is 0 Å². The molecule has 0 aliphatic carbocycles. The van der Waals surface area contributed by atoms with Crippen LogP contribution in [0.25, 0.3) is 0 Å². The highest BCUT2D eigenvalue weighted by molar-refractivity contribution is 9.10. The Bertz CT molecular complexity index is 528. The van der Waals surface area contributed by atoms with Crippen LogP contribution in [0.3, 0.4) is 0 Å². The van der Waals surface area contributed by atoms with Gasteiger partial charge in [0.2, 0.25) is 0 Å². The highest BCUT2D eigenvalue weighted by Crippen LogP contribution is 2.22. The number of hydrogen-bond donors (Lipinski definition) is 2. The van der Waals surface area contributed by atoms with Gasteiger partial charge < -0.3 is 15.2 Å². The van der Waals surface area contributed by atoms with E-state index in [4.69, 9.17) is 4.74 Å². The van der Waals surface area contributed by atoms with Gasteiger partial charge in [0.15, 0.2) is 5.54 Å². The second kappa shape index (κ2) is 5.26. The first kappa shape index (κ1) is 14.0. The van der Waals surface area contributed by atoms with Crippen molar-refractivity contribution in [3.63, 3.8) is 0 Å². The zero-order chi connectivity index (χ0) is 14.0. The lowest BCUT2D eigenvalue weighted by molar-refractivity contribution is -0.144. The van der Waals surface area contributed by atoms with Crippen LogP contribution < -0.4 is 5.32 Å². The van der Waals surface area contributed by atoms with Gasteiger partial charge in [0.1, 0.15) is 5.82 Å². The SMILES string of the molecule is O=C(NC1(C(=O)O)CCOC1)c1cc(F)ccc1Br. The Morgan fingerprint density at radius 2 is 2.21 bits per heavy atom. The summed E-state index contributed by atoms with van der Waals surface area (Å²) < 4.78 is 18.6. The molecule has 1 aromatic rings. The first-order valence-electron chi connectivity index (χ1n) is 5.53. The van der Waals surface area contributed by atoms with Crippen molar-refractivity contribution in [2.24, 2.45) is 0 Å². The molecule has 102 valence electrons. The van der Waals surface area contributed by atoms with Crippen LogP contribution in [0.1, 0.15) is 16.8 Å². The highest BCUT2D eigenvalue weighted by atomic mass is 79.9. The zero-order valence-electron chi connectivity index (χ0n) is 9.78. The van der Waals surface area contributed by atoms with Crippen molar-refractivity contribution in [3.8, 4) is 0 Å². The van der Waals surface area contributed by atoms with Crippen molar-refractivity contribution in [2.75, 3.05) is 13.2 Å². The molecule has 5 nitrogen and oxygen atoms in total. The molecule has 0 bridgehead atoms. The maximum absolute atomic E-state index is 13.1. The number of aliphatic carboxylic acids is 1. The van der Waals surface area contributed by atoms with Gasteiger partial charge >= 0.3 is 5.97 Å². The smallest absolute Gasteiger partial charge is 0.331 e. The molecular weight excluding hydrogens is 321 g/mol. The molecule has 1 unspecified atom stereocenters. The molecule has 2 N–H and O–H groups in total. The first-order valence-corrected chi connectivity index (χ1v) is 6.33. The minimum Gasteiger partial charge on any atom is -0.479 e. The van der Waals surface area contributed by atoms with Gasteiger partial charge in [-0.2, -0.15) is 0 Å². The molecule has 1 amide bonds. The number of nitrogens with one attached hydrogen (secondary N) is 1. The Hall–Kier alpha value is -1.47. The van der Waals surface area contributed by atoms with Crippen LogP contribution in [0.4, 0.5) is 4.39 Å². The predicted molar refractivity (Wildman–Crippen MR) is 67.4 cm³/mol. The van der Waals surface area contributed by atoms with E-state index >= 15 is 0 Å². The summed E-state index contributed by atoms with van der Waals surface area (Å²) in [4.78, 5) is 23.3. The predicted octanol–water partition coefficient (Wildman–Crippen LogP) is 1.56. The molecule has 0 saturated carbocycles. The lowest BCUT2D eigenvalue weighted by Gasteiger charge is -2.23. The van der Waals surface area contributed by atoms with E-state index in [1.54, 1.807) is 0 Å². The van der Waals surface area contributed by atoms with Crippen LogP contribution in [0, 0.1) is 5.82 Å². The van der Waals surface area contributed by atoms with Gasteiger partial charge in [-0.3, -0.25) is 4.79 Å². The second-order valence-corrected chi connectivity index (χ2v) is 5.12. The zero-order valence-corrected chi connectivity index (χ0v) is 11.4. The van der Waals surface area contributed by atoms with E-state index in [9.17, 15) is 19.1 Å². The topological polar surface area (TPSA) is 75.6 Å². The van der Waals surface area contributed by atoms with Crippen molar-refractivity contribution in [1.82, 2.24) is 5.32 Å². The van der Waals surface area contributed by atoms with Gasteiger partial charge in [0.05, 0.1) is 12.2 Å². The van der Waals surface area contributed by atoms with Crippen LogP contribution in [0.2, 0.25) is 0 Å². The molecule has 2 rings (SSSR count). The summed E-state index contributed by atoms with van der Waals surface area (Å²) in [7, 11) is 0. The Kier molecular flexibility index (Phi) is 3.86. The number of carboxylic acids is 1. The molecule has 1 atom stereocenters. The molecular formula is C12H11BrFNO4. The molecule has 0 aromatic heterocycles. The lowest BCUT2D eigenvalue weighted by Crippen LogP contribution is -2.55. The van der Waals surface area contributed by atoms with Gasteiger partial charge in [-0.15, -0.1) is 0 Å². The number of benzene rings is 1. The number of hydrogen-bond acceptors (Lipinski definition) is 3. The normalized spacial score (nSPS) is 22.2. The van der Waals surface area contributed by atoms with E-state index in [1.165, 1.54) is 12.1 Å². The molecule has 0 radical (unpaired) electrons. The van der Waals surface area contributed by atoms with Crippen LogP contribution in [-0.4, -0.2) is 35.7 Å². The fourth-order valence-electron chi connectivity index (χ4n) is 1.84. The summed E-state index contributed by atoms with van der Waals surface area (Å²) in [5, 5.41) is 11.6. The summed E-state index contributed by atoms with van der Waals surface area (Å²) in [6, 6.07) is 3.64. The maximum Gasteiger partial charge on any atom is 0.331 e. The Labute approximate surface area is 116 Å². The molecule has 1 saturated heterocycles. The lowest BCUT2D eigenvalue weighted by atomic mass is 9.98. The Balaban J connectivity index is 2.25. The van der Waals surface area contributed by atoms with Crippen molar-refractivity contribution in [2.45, 2.75) is 12.0 Å². The van der Waals surface area contributed by atoms with Gasteiger partial charge in [-0.05, 0) is 34.1 Å². The number of amides is 1. The second-order valence-electron chi connectivity index (χ2n) is 4.27. The van der Waals surface area contributed by atoms with Gasteiger partial charge in [0, 0.05) is 17.5 Å². The van der Waals surface area contributed by atoms with E-state index in [2.05, 4.69) is 21.2 Å². The summed E-state index contributed by atoms with van der Waals surface area (Å²) in [6.07, 6.45) is 0.182. The van der Waals surface area contributed by atoms with Crippen LogP contribution in [0.15, 0.2) is 22.7 Å². The number of carboxylic acid groups (broad SMARTS) is 1. The number of carbonyl (C=O) groups is 2. The average molecular weight is 332 g/mol. The fraction of sp³-hybridized carbons (Fsp3) is 0.333. The van der Waals surface area contributed by atoms with E-state index in [-0.39, 0.29) is 25.2 Å². The summed E-state index contributed by atoms with van der Waals surface area (Å²) in [6.45, 7) is 0.165. The van der Waals surface area contributed by atoms with Gasteiger partial charge in [0.25, 0.3) is 5.91 Å². The highest BCUT2D eigenvalue weighted by Gasteiger charge is 2.44. The summed E-state index contributed by atoms with van der Waals surface area (Å²) >= 11 is 3.13. The number of carbonyl (C=O) groups excluding carboxylic acids is 1. The summed E-state index contributed by atoms with van der Waals surface area (Å²) in [5.41, 5.74) is -1.39. The molecule has 1 aliphatic heterocycles. The quantitative estimate of drug-likeness (QED) is 0.881. The van der Waals surface area contributed by atoms with E-state index < -0.39 is 23.2 Å². The monoisotopic (exact) mass is 331 g/mol. The molecule has 1 aromatic carbocycles. The molecule has 1 aliphatic rings. The van der Waals surface area contributed by atoms with Crippen LogP contribution in [0.5, 0.6) is 0 Å². The van der Waals surface area contributed by atoms with E-state index in [0.29, 0.717) is 4.47 Å². The molecule has 0 spiro atoms. The largest absolute Gasteiger partial charge is 0.479 e. The molecule has 19 heavy (non-hydrogen) atoms. The van der Waals surface area contributed by atoms with Gasteiger partial charge in [-0.1, -0.05) is 0 Å². The fourth-order valence-corrected chi connectivity index (χ4v) is 2.27. The molecule has 1 heterocycles. The third-order valence-electron chi connectivity index (χ3n) is 2.96. The van der Waals surface area contributed by atoms with Gasteiger partial charge in [-0.25, -0.2) is 9.18 Å².